The van der Waals surface area contributed by atoms with Gasteiger partial charge in [-0.3, -0.25) is 4.79 Å². The summed E-state index contributed by atoms with van der Waals surface area (Å²) in [6.07, 6.45) is 1.72. The highest BCUT2D eigenvalue weighted by molar-refractivity contribution is 8.01. The average Bonchev–Trinajstić information content (AvgIpc) is 3.38. The zero-order chi connectivity index (χ0) is 20.4. The van der Waals surface area contributed by atoms with Crippen LogP contribution in [-0.2, 0) is 14.8 Å². The highest BCUT2D eigenvalue weighted by atomic mass is 35.5. The van der Waals surface area contributed by atoms with Crippen LogP contribution in [0, 0.1) is 0 Å². The number of sulfonamides is 1. The number of thioether (sulfide) groups is 1. The van der Waals surface area contributed by atoms with Gasteiger partial charge in [0.1, 0.15) is 0 Å². The van der Waals surface area contributed by atoms with E-state index in [1.165, 1.54) is 45.6 Å². The van der Waals surface area contributed by atoms with Crippen LogP contribution in [-0.4, -0.2) is 42.5 Å². The number of thiazole rings is 1. The molecule has 1 fully saturated rings. The molecule has 2 heterocycles. The fourth-order valence-corrected chi connectivity index (χ4v) is 6.64. The summed E-state index contributed by atoms with van der Waals surface area (Å²) >= 11 is 9.05. The molecule has 0 saturated carbocycles. The number of carbonyl (C=O) groups excluding carboxylic acids is 1. The van der Waals surface area contributed by atoms with E-state index in [9.17, 15) is 13.2 Å². The van der Waals surface area contributed by atoms with Crippen LogP contribution in [0.25, 0.3) is 10.2 Å². The van der Waals surface area contributed by atoms with E-state index >= 15 is 0 Å². The molecular formula is C19H18ClN3O3S3. The molecule has 3 aromatic rings. The van der Waals surface area contributed by atoms with Crippen LogP contribution in [0.1, 0.15) is 12.8 Å². The van der Waals surface area contributed by atoms with E-state index in [2.05, 4.69) is 10.3 Å². The van der Waals surface area contributed by atoms with Crippen LogP contribution < -0.4 is 5.32 Å². The zero-order valence-electron chi connectivity index (χ0n) is 15.3. The Morgan fingerprint density at radius 3 is 2.72 bits per heavy atom. The lowest BCUT2D eigenvalue weighted by atomic mass is 10.3. The molecule has 1 amide bonds. The van der Waals surface area contributed by atoms with Gasteiger partial charge in [0.05, 0.1) is 31.6 Å². The maximum atomic E-state index is 12.7. The van der Waals surface area contributed by atoms with Crippen LogP contribution in [0.5, 0.6) is 0 Å². The van der Waals surface area contributed by atoms with Crippen molar-refractivity contribution in [1.82, 2.24) is 9.29 Å². The molecule has 152 valence electrons. The first-order chi connectivity index (χ1) is 13.9. The van der Waals surface area contributed by atoms with Crippen LogP contribution >= 0.6 is 34.7 Å². The number of anilines is 1. The second kappa shape index (κ2) is 8.61. The van der Waals surface area contributed by atoms with Crippen molar-refractivity contribution in [2.45, 2.75) is 22.1 Å². The number of fused-ring (bicyclic) bond motifs is 1. The molecule has 0 radical (unpaired) electrons. The molecule has 0 spiro atoms. The van der Waals surface area contributed by atoms with Gasteiger partial charge >= 0.3 is 0 Å². The molecule has 29 heavy (non-hydrogen) atoms. The zero-order valence-corrected chi connectivity index (χ0v) is 18.5. The Labute approximate surface area is 182 Å². The number of hydrogen-bond acceptors (Lipinski definition) is 6. The van der Waals surface area contributed by atoms with Crippen molar-refractivity contribution < 1.29 is 13.2 Å². The standard InChI is InChI=1S/C19H18ClN3O3S3/c20-14-8-7-13(29(25,26)23-9-3-4-10-23)11-16(14)21-18(24)12-27-19-22-15-5-1-2-6-17(15)28-19/h1-2,5-8,11H,3-4,9-10,12H2,(H,21,24). The molecule has 6 nitrogen and oxygen atoms in total. The predicted octanol–water partition coefficient (Wildman–Crippen LogP) is 4.47. The number of rotatable bonds is 6. The SMILES string of the molecule is O=C(CSc1nc2ccccc2s1)Nc1cc(S(=O)(=O)N2CCCC2)ccc1Cl. The minimum absolute atomic E-state index is 0.137. The van der Waals surface area contributed by atoms with E-state index in [-0.39, 0.29) is 16.6 Å². The summed E-state index contributed by atoms with van der Waals surface area (Å²) < 4.78 is 28.8. The normalized spacial score (nSPS) is 15.1. The van der Waals surface area contributed by atoms with Gasteiger partial charge in [-0.1, -0.05) is 35.5 Å². The van der Waals surface area contributed by atoms with Gasteiger partial charge in [-0.25, -0.2) is 13.4 Å². The third-order valence-corrected chi connectivity index (χ3v) is 8.92. The second-order valence-corrected chi connectivity index (χ2v) is 11.1. The van der Waals surface area contributed by atoms with Crippen molar-refractivity contribution in [3.8, 4) is 0 Å². The van der Waals surface area contributed by atoms with Crippen molar-refractivity contribution in [3.63, 3.8) is 0 Å². The van der Waals surface area contributed by atoms with Gasteiger partial charge in [-0.2, -0.15) is 4.31 Å². The summed E-state index contributed by atoms with van der Waals surface area (Å²) in [5.41, 5.74) is 1.20. The van der Waals surface area contributed by atoms with E-state index in [1.807, 2.05) is 24.3 Å². The molecule has 1 aromatic heterocycles. The lowest BCUT2D eigenvalue weighted by Crippen LogP contribution is -2.28. The first-order valence-electron chi connectivity index (χ1n) is 9.01. The molecule has 1 aliphatic rings. The summed E-state index contributed by atoms with van der Waals surface area (Å²) in [5.74, 6) is -0.119. The number of nitrogens with zero attached hydrogens (tertiary/aromatic N) is 2. The summed E-state index contributed by atoms with van der Waals surface area (Å²) in [7, 11) is -3.57. The molecule has 1 N–H and O–H groups in total. The number of hydrogen-bond donors (Lipinski definition) is 1. The second-order valence-electron chi connectivity index (χ2n) is 6.54. The third-order valence-electron chi connectivity index (χ3n) is 4.52. The van der Waals surface area contributed by atoms with Crippen molar-refractivity contribution >= 4 is 66.5 Å². The monoisotopic (exact) mass is 467 g/mol. The number of para-hydroxylation sites is 1. The molecular weight excluding hydrogens is 450 g/mol. The Kier molecular flexibility index (Phi) is 6.12. The Morgan fingerprint density at radius 1 is 1.21 bits per heavy atom. The minimum atomic E-state index is -3.57. The van der Waals surface area contributed by atoms with Crippen LogP contribution in [0.3, 0.4) is 0 Å². The summed E-state index contributed by atoms with van der Waals surface area (Å²) in [6, 6.07) is 12.2. The fraction of sp³-hybridized carbons (Fsp3) is 0.263. The number of aromatic nitrogens is 1. The third kappa shape index (κ3) is 4.59. The fourth-order valence-electron chi connectivity index (χ4n) is 3.06. The van der Waals surface area contributed by atoms with E-state index in [0.29, 0.717) is 23.8 Å². The largest absolute Gasteiger partial charge is 0.324 e. The number of benzene rings is 2. The quantitative estimate of drug-likeness (QED) is 0.541. The van der Waals surface area contributed by atoms with Gasteiger partial charge in [0.25, 0.3) is 0 Å². The smallest absolute Gasteiger partial charge is 0.243 e. The van der Waals surface area contributed by atoms with Gasteiger partial charge in [0.15, 0.2) is 4.34 Å². The number of nitrogens with one attached hydrogen (secondary N) is 1. The van der Waals surface area contributed by atoms with Crippen molar-refractivity contribution in [2.75, 3.05) is 24.2 Å². The molecule has 1 saturated heterocycles. The van der Waals surface area contributed by atoms with Crippen molar-refractivity contribution in [1.29, 1.82) is 0 Å². The van der Waals surface area contributed by atoms with Crippen LogP contribution in [0.15, 0.2) is 51.7 Å². The van der Waals surface area contributed by atoms with E-state index in [0.717, 1.165) is 27.4 Å². The van der Waals surface area contributed by atoms with Gasteiger partial charge in [0.2, 0.25) is 15.9 Å². The molecule has 0 bridgehead atoms. The first kappa shape index (κ1) is 20.6. The van der Waals surface area contributed by atoms with Crippen molar-refractivity contribution in [2.24, 2.45) is 0 Å². The molecule has 1 aliphatic heterocycles. The number of halogens is 1. The Balaban J connectivity index is 1.44. The van der Waals surface area contributed by atoms with Gasteiger partial charge < -0.3 is 5.32 Å². The number of carbonyl (C=O) groups is 1. The summed E-state index contributed by atoms with van der Waals surface area (Å²) in [4.78, 5) is 17.0. The van der Waals surface area contributed by atoms with E-state index in [1.54, 1.807) is 0 Å². The molecule has 4 rings (SSSR count). The van der Waals surface area contributed by atoms with Gasteiger partial charge in [-0.15, -0.1) is 11.3 Å². The molecule has 2 aromatic carbocycles. The predicted molar refractivity (Wildman–Crippen MR) is 118 cm³/mol. The van der Waals surface area contributed by atoms with Crippen molar-refractivity contribution in [3.05, 3.63) is 47.5 Å². The Morgan fingerprint density at radius 2 is 1.97 bits per heavy atom. The Hall–Kier alpha value is -1.65. The summed E-state index contributed by atoms with van der Waals surface area (Å²) in [5, 5.41) is 3.01. The molecule has 0 unspecified atom stereocenters. The minimum Gasteiger partial charge on any atom is -0.324 e. The maximum Gasteiger partial charge on any atom is 0.243 e. The summed E-state index contributed by atoms with van der Waals surface area (Å²) in [6.45, 7) is 1.04. The van der Waals surface area contributed by atoms with Crippen LogP contribution in [0.4, 0.5) is 5.69 Å². The van der Waals surface area contributed by atoms with Crippen LogP contribution in [0.2, 0.25) is 5.02 Å². The first-order valence-corrected chi connectivity index (χ1v) is 12.6. The highest BCUT2D eigenvalue weighted by Gasteiger charge is 2.27. The molecule has 10 heteroatoms. The lowest BCUT2D eigenvalue weighted by molar-refractivity contribution is -0.113. The topological polar surface area (TPSA) is 79.4 Å². The maximum absolute atomic E-state index is 12.7. The number of amides is 1. The lowest BCUT2D eigenvalue weighted by Gasteiger charge is -2.16. The molecule has 0 aliphatic carbocycles. The average molecular weight is 468 g/mol. The van der Waals surface area contributed by atoms with Gasteiger partial charge in [0, 0.05) is 13.1 Å². The highest BCUT2D eigenvalue weighted by Crippen LogP contribution is 2.31. The van der Waals surface area contributed by atoms with E-state index < -0.39 is 10.0 Å². The van der Waals surface area contributed by atoms with E-state index in [4.69, 9.17) is 11.6 Å². The van der Waals surface area contributed by atoms with Gasteiger partial charge in [-0.05, 0) is 43.2 Å². The Bertz CT molecular complexity index is 1120. The molecule has 0 atom stereocenters.